The second-order valence-electron chi connectivity index (χ2n) is 6.09. The first-order chi connectivity index (χ1) is 9.15. The van der Waals surface area contributed by atoms with Gasteiger partial charge in [-0.2, -0.15) is 0 Å². The van der Waals surface area contributed by atoms with Crippen LogP contribution in [0.3, 0.4) is 0 Å². The minimum absolute atomic E-state index is 0.871. The van der Waals surface area contributed by atoms with Crippen molar-refractivity contribution in [1.82, 2.24) is 0 Å². The minimum atomic E-state index is 0.871. The SMILES string of the molecule is CC(C)=CCC/C(C)=C/Cc1ccc(C2CC2)cc1. The molecule has 0 bridgehead atoms. The van der Waals surface area contributed by atoms with Gasteiger partial charge in [0.1, 0.15) is 0 Å². The van der Waals surface area contributed by atoms with E-state index in [1.165, 1.54) is 48.0 Å². The Labute approximate surface area is 118 Å². The fourth-order valence-electron chi connectivity index (χ4n) is 2.33. The zero-order valence-electron chi connectivity index (χ0n) is 12.6. The standard InChI is InChI=1S/C19H26/c1-15(2)5-4-6-16(3)7-8-17-9-11-18(12-10-17)19-13-14-19/h5,7,9-12,19H,4,6,8,13-14H2,1-3H3/b16-7+. The maximum atomic E-state index is 2.38. The maximum absolute atomic E-state index is 2.38. The van der Waals surface area contributed by atoms with Crippen molar-refractivity contribution in [2.45, 2.75) is 58.8 Å². The Hall–Kier alpha value is -1.30. The third-order valence-corrected chi connectivity index (χ3v) is 3.81. The fraction of sp³-hybridized carbons (Fsp3) is 0.474. The van der Waals surface area contributed by atoms with Crippen LogP contribution in [-0.2, 0) is 6.42 Å². The van der Waals surface area contributed by atoms with E-state index >= 15 is 0 Å². The van der Waals surface area contributed by atoms with E-state index in [0.29, 0.717) is 0 Å². The van der Waals surface area contributed by atoms with Crippen LogP contribution in [0.15, 0.2) is 47.6 Å². The van der Waals surface area contributed by atoms with Gasteiger partial charge >= 0.3 is 0 Å². The molecule has 102 valence electrons. The lowest BCUT2D eigenvalue weighted by Gasteiger charge is -2.02. The summed E-state index contributed by atoms with van der Waals surface area (Å²) in [6, 6.07) is 9.24. The van der Waals surface area contributed by atoms with Crippen LogP contribution in [-0.4, -0.2) is 0 Å². The van der Waals surface area contributed by atoms with Crippen molar-refractivity contribution in [1.29, 1.82) is 0 Å². The summed E-state index contributed by atoms with van der Waals surface area (Å²) in [4.78, 5) is 0. The van der Waals surface area contributed by atoms with Crippen molar-refractivity contribution >= 4 is 0 Å². The van der Waals surface area contributed by atoms with Gasteiger partial charge in [-0.05, 0) is 69.9 Å². The molecule has 0 spiro atoms. The Kier molecular flexibility index (Phi) is 5.01. The van der Waals surface area contributed by atoms with Crippen LogP contribution in [0.2, 0.25) is 0 Å². The van der Waals surface area contributed by atoms with Gasteiger partial charge < -0.3 is 0 Å². The Bertz CT molecular complexity index is 451. The number of rotatable bonds is 6. The molecule has 0 nitrogen and oxygen atoms in total. The first-order valence-corrected chi connectivity index (χ1v) is 7.53. The summed E-state index contributed by atoms with van der Waals surface area (Å²) in [5.74, 6) is 0.871. The number of allylic oxidation sites excluding steroid dienone is 4. The molecule has 0 atom stereocenters. The molecule has 2 rings (SSSR count). The molecule has 0 radical (unpaired) electrons. The van der Waals surface area contributed by atoms with E-state index in [0.717, 1.165) is 12.3 Å². The van der Waals surface area contributed by atoms with Crippen molar-refractivity contribution in [3.63, 3.8) is 0 Å². The highest BCUT2D eigenvalue weighted by molar-refractivity contribution is 5.29. The highest BCUT2D eigenvalue weighted by Gasteiger charge is 2.22. The van der Waals surface area contributed by atoms with Crippen LogP contribution in [0.1, 0.15) is 63.5 Å². The van der Waals surface area contributed by atoms with E-state index in [9.17, 15) is 0 Å². The van der Waals surface area contributed by atoms with Crippen molar-refractivity contribution < 1.29 is 0 Å². The molecule has 1 aliphatic rings. The van der Waals surface area contributed by atoms with Gasteiger partial charge in [-0.25, -0.2) is 0 Å². The summed E-state index contributed by atoms with van der Waals surface area (Å²) >= 11 is 0. The highest BCUT2D eigenvalue weighted by atomic mass is 14.3. The van der Waals surface area contributed by atoms with Crippen LogP contribution < -0.4 is 0 Å². The van der Waals surface area contributed by atoms with Gasteiger partial charge in [0.05, 0.1) is 0 Å². The molecular weight excluding hydrogens is 228 g/mol. The van der Waals surface area contributed by atoms with Gasteiger partial charge in [0, 0.05) is 0 Å². The summed E-state index contributed by atoms with van der Waals surface area (Å²) in [5, 5.41) is 0. The smallest absolute Gasteiger partial charge is 0.00949 e. The van der Waals surface area contributed by atoms with Crippen molar-refractivity contribution in [3.05, 3.63) is 58.7 Å². The fourth-order valence-corrected chi connectivity index (χ4v) is 2.33. The van der Waals surface area contributed by atoms with Gasteiger partial charge in [-0.3, -0.25) is 0 Å². The Morgan fingerprint density at radius 1 is 1.05 bits per heavy atom. The van der Waals surface area contributed by atoms with Gasteiger partial charge in [0.2, 0.25) is 0 Å². The zero-order chi connectivity index (χ0) is 13.7. The second kappa shape index (κ2) is 6.75. The van der Waals surface area contributed by atoms with E-state index in [1.54, 1.807) is 0 Å². The number of benzene rings is 1. The van der Waals surface area contributed by atoms with E-state index in [4.69, 9.17) is 0 Å². The number of hydrogen-bond acceptors (Lipinski definition) is 0. The molecule has 1 aliphatic carbocycles. The van der Waals surface area contributed by atoms with Crippen LogP contribution in [0.4, 0.5) is 0 Å². The average molecular weight is 254 g/mol. The minimum Gasteiger partial charge on any atom is -0.0856 e. The largest absolute Gasteiger partial charge is 0.0856 e. The molecule has 0 unspecified atom stereocenters. The predicted molar refractivity (Wildman–Crippen MR) is 84.5 cm³/mol. The monoisotopic (exact) mass is 254 g/mol. The average Bonchev–Trinajstić information content (AvgIpc) is 3.21. The molecule has 0 aromatic heterocycles. The van der Waals surface area contributed by atoms with E-state index < -0.39 is 0 Å². The molecule has 0 amide bonds. The summed E-state index contributed by atoms with van der Waals surface area (Å²) in [7, 11) is 0. The predicted octanol–water partition coefficient (Wildman–Crippen LogP) is 5.80. The maximum Gasteiger partial charge on any atom is -0.00949 e. The zero-order valence-corrected chi connectivity index (χ0v) is 12.6. The normalized spacial score (nSPS) is 15.4. The second-order valence-corrected chi connectivity index (χ2v) is 6.09. The lowest BCUT2D eigenvalue weighted by atomic mass is 10.0. The molecule has 1 aromatic carbocycles. The van der Waals surface area contributed by atoms with Crippen molar-refractivity contribution in [3.8, 4) is 0 Å². The number of hydrogen-bond donors (Lipinski definition) is 0. The molecule has 19 heavy (non-hydrogen) atoms. The van der Waals surface area contributed by atoms with Crippen LogP contribution >= 0.6 is 0 Å². The molecular formula is C19H26. The van der Waals surface area contributed by atoms with Gasteiger partial charge in [0.15, 0.2) is 0 Å². The lowest BCUT2D eigenvalue weighted by molar-refractivity contribution is 0.955. The molecule has 0 aliphatic heterocycles. The molecule has 0 heterocycles. The van der Waals surface area contributed by atoms with Gasteiger partial charge in [-0.15, -0.1) is 0 Å². The van der Waals surface area contributed by atoms with Crippen molar-refractivity contribution in [2.24, 2.45) is 0 Å². The summed E-state index contributed by atoms with van der Waals surface area (Å²) in [5.41, 5.74) is 5.89. The van der Waals surface area contributed by atoms with Gasteiger partial charge in [0.25, 0.3) is 0 Å². The van der Waals surface area contributed by atoms with Gasteiger partial charge in [-0.1, -0.05) is 47.6 Å². The summed E-state index contributed by atoms with van der Waals surface area (Å²) < 4.78 is 0. The Morgan fingerprint density at radius 3 is 2.32 bits per heavy atom. The molecule has 0 N–H and O–H groups in total. The first-order valence-electron chi connectivity index (χ1n) is 7.53. The molecule has 0 heteroatoms. The summed E-state index contributed by atoms with van der Waals surface area (Å²) in [6.07, 6.45) is 10.9. The van der Waals surface area contributed by atoms with Crippen LogP contribution in [0.25, 0.3) is 0 Å². The Morgan fingerprint density at radius 2 is 1.74 bits per heavy atom. The third kappa shape index (κ3) is 5.06. The molecule has 1 aromatic rings. The molecule has 1 saturated carbocycles. The quantitative estimate of drug-likeness (QED) is 0.563. The molecule has 1 fully saturated rings. The summed E-state index contributed by atoms with van der Waals surface area (Å²) in [6.45, 7) is 6.58. The Balaban J connectivity index is 1.81. The topological polar surface area (TPSA) is 0 Å². The van der Waals surface area contributed by atoms with E-state index in [-0.39, 0.29) is 0 Å². The van der Waals surface area contributed by atoms with Crippen molar-refractivity contribution in [2.75, 3.05) is 0 Å². The van der Waals surface area contributed by atoms with Crippen LogP contribution in [0, 0.1) is 0 Å². The van der Waals surface area contributed by atoms with E-state index in [2.05, 4.69) is 57.2 Å². The lowest BCUT2D eigenvalue weighted by Crippen LogP contribution is -1.85. The third-order valence-electron chi connectivity index (χ3n) is 3.81. The molecule has 0 saturated heterocycles. The highest BCUT2D eigenvalue weighted by Crippen LogP contribution is 2.39. The van der Waals surface area contributed by atoms with E-state index in [1.807, 2.05) is 0 Å². The first kappa shape index (κ1) is 14.1. The van der Waals surface area contributed by atoms with Crippen LogP contribution in [0.5, 0.6) is 0 Å².